The van der Waals surface area contributed by atoms with Crippen molar-refractivity contribution in [2.45, 2.75) is 70.4 Å². The maximum atomic E-state index is 11.8. The first-order valence-corrected chi connectivity index (χ1v) is 18.6. The van der Waals surface area contributed by atoms with Crippen molar-refractivity contribution in [3.05, 3.63) is 69.8 Å². The minimum Gasteiger partial charge on any atom is -0.451 e. The fourth-order valence-electron chi connectivity index (χ4n) is 4.51. The van der Waals surface area contributed by atoms with Crippen LogP contribution in [0.25, 0.3) is 0 Å². The van der Waals surface area contributed by atoms with Crippen molar-refractivity contribution in [3.63, 3.8) is 0 Å². The zero-order valence-electron chi connectivity index (χ0n) is 34.3. The maximum absolute atomic E-state index is 11.8. The van der Waals surface area contributed by atoms with Gasteiger partial charge in [0, 0.05) is 26.2 Å². The van der Waals surface area contributed by atoms with Crippen LogP contribution in [0.3, 0.4) is 0 Å². The van der Waals surface area contributed by atoms with Gasteiger partial charge in [-0.1, -0.05) is 42.2 Å². The molecular weight excluding hydrogens is 757 g/mol. The molecular formula is C43H62N8O8. The van der Waals surface area contributed by atoms with Crippen LogP contribution < -0.4 is 45.0 Å². The van der Waals surface area contributed by atoms with E-state index in [4.69, 9.17) is 69.6 Å². The maximum Gasteiger partial charge on any atom is 0.339 e. The third-order valence-corrected chi connectivity index (χ3v) is 7.27. The third kappa shape index (κ3) is 27.5. The number of carbonyl (C=O) groups excluding carboxylic acids is 4. The van der Waals surface area contributed by atoms with Crippen LogP contribution in [0.1, 0.15) is 75.1 Å². The Hall–Kier alpha value is -5.76. The number of esters is 4. The Balaban J connectivity index is 0. The normalized spacial score (nSPS) is 10.6. The number of nitrogens with one attached hydrogen (secondary N) is 2. The molecule has 2 atom stereocenters. The second-order valence-corrected chi connectivity index (χ2v) is 12.2. The number of hydrogen-bond acceptors (Lipinski definition) is 16. The van der Waals surface area contributed by atoms with Gasteiger partial charge < -0.3 is 64.0 Å². The molecule has 2 aromatic carbocycles. The third-order valence-electron chi connectivity index (χ3n) is 7.27. The Morgan fingerprint density at radius 3 is 1.22 bits per heavy atom. The molecule has 0 amide bonds. The molecule has 2 aromatic rings. The molecule has 0 aliphatic carbocycles. The summed E-state index contributed by atoms with van der Waals surface area (Å²) in [6, 6.07) is 9.73. The van der Waals surface area contributed by atoms with Crippen LogP contribution in [0.5, 0.6) is 0 Å². The second-order valence-electron chi connectivity index (χ2n) is 12.2. The van der Waals surface area contributed by atoms with E-state index in [-0.39, 0.29) is 32.4 Å². The summed E-state index contributed by atoms with van der Waals surface area (Å²) in [4.78, 5) is 45.2. The van der Waals surface area contributed by atoms with Crippen LogP contribution in [-0.2, 0) is 54.7 Å². The fraction of sp³-hybridized carbons (Fsp3) is 0.442. The van der Waals surface area contributed by atoms with Crippen LogP contribution in [0.4, 0.5) is 0 Å². The molecule has 0 fully saturated rings. The number of rotatable bonds is 21. The lowest BCUT2D eigenvalue weighted by molar-refractivity contribution is -0.144. The first kappa shape index (κ1) is 55.3. The van der Waals surface area contributed by atoms with Crippen LogP contribution in [0.2, 0.25) is 0 Å². The van der Waals surface area contributed by atoms with E-state index in [9.17, 15) is 19.2 Å². The SMILES string of the molecule is C#CCOC(=O)C(N)CCCCN.C#CCOC(=O)C(N)CCCN.C#CCOC(=O)c1cc(CN)cc(CN)c1.C#CCOC(=O)c1cc(CNC)cc(CNC)c1. The van der Waals surface area contributed by atoms with Gasteiger partial charge in [0.2, 0.25) is 0 Å². The highest BCUT2D eigenvalue weighted by Gasteiger charge is 2.14. The van der Waals surface area contributed by atoms with E-state index in [1.165, 1.54) is 0 Å². The van der Waals surface area contributed by atoms with E-state index in [2.05, 4.69) is 43.8 Å². The quantitative estimate of drug-likeness (QED) is 0.0360. The Labute approximate surface area is 349 Å². The number of unbranched alkanes of at least 4 members (excludes halogenated alkanes) is 1. The zero-order chi connectivity index (χ0) is 44.8. The average Bonchev–Trinajstić information content (AvgIpc) is 3.25. The summed E-state index contributed by atoms with van der Waals surface area (Å²) in [5.41, 5.74) is 37.2. The number of hydrogen-bond donors (Lipinski definition) is 8. The van der Waals surface area contributed by atoms with Crippen molar-refractivity contribution in [3.8, 4) is 49.4 Å². The lowest BCUT2D eigenvalue weighted by Gasteiger charge is -2.09. The smallest absolute Gasteiger partial charge is 0.339 e. The van der Waals surface area contributed by atoms with Gasteiger partial charge in [-0.05, 0) is 99.4 Å². The van der Waals surface area contributed by atoms with Gasteiger partial charge in [-0.25, -0.2) is 9.59 Å². The van der Waals surface area contributed by atoms with Crippen molar-refractivity contribution in [2.75, 3.05) is 53.6 Å². The highest BCUT2D eigenvalue weighted by Crippen LogP contribution is 2.13. The van der Waals surface area contributed by atoms with Gasteiger partial charge in [-0.3, -0.25) is 9.59 Å². The highest BCUT2D eigenvalue weighted by molar-refractivity contribution is 5.90. The topological polar surface area (TPSA) is 285 Å². The number of nitrogens with two attached hydrogens (primary N) is 6. The summed E-state index contributed by atoms with van der Waals surface area (Å²) < 4.78 is 19.0. The minimum absolute atomic E-state index is 0.00352. The predicted molar refractivity (Wildman–Crippen MR) is 229 cm³/mol. The van der Waals surface area contributed by atoms with Crippen LogP contribution in [-0.4, -0.2) is 89.6 Å². The minimum atomic E-state index is -0.595. The first-order chi connectivity index (χ1) is 28.3. The summed E-state index contributed by atoms with van der Waals surface area (Å²) in [5.74, 6) is 7.17. The van der Waals surface area contributed by atoms with Crippen molar-refractivity contribution in [2.24, 2.45) is 34.4 Å². The Morgan fingerprint density at radius 1 is 0.542 bits per heavy atom. The van der Waals surface area contributed by atoms with Crippen LogP contribution in [0.15, 0.2) is 36.4 Å². The molecule has 0 radical (unpaired) electrons. The largest absolute Gasteiger partial charge is 0.451 e. The van der Waals surface area contributed by atoms with E-state index < -0.39 is 30.0 Å². The average molecular weight is 819 g/mol. The summed E-state index contributed by atoms with van der Waals surface area (Å²) in [7, 11) is 3.72. The van der Waals surface area contributed by atoms with Gasteiger partial charge in [0.15, 0.2) is 26.4 Å². The first-order valence-electron chi connectivity index (χ1n) is 18.6. The van der Waals surface area contributed by atoms with E-state index in [0.717, 1.165) is 35.1 Å². The molecule has 16 heteroatoms. The van der Waals surface area contributed by atoms with E-state index in [0.29, 0.717) is 69.7 Å². The van der Waals surface area contributed by atoms with Crippen molar-refractivity contribution >= 4 is 23.9 Å². The molecule has 2 rings (SSSR count). The molecule has 322 valence electrons. The number of ether oxygens (including phenoxy) is 4. The Bertz CT molecular complexity index is 1660. The monoisotopic (exact) mass is 818 g/mol. The molecule has 0 saturated heterocycles. The van der Waals surface area contributed by atoms with Gasteiger partial charge in [0.1, 0.15) is 12.1 Å². The predicted octanol–water partition coefficient (Wildman–Crippen LogP) is 0.158. The molecule has 0 aromatic heterocycles. The summed E-state index contributed by atoms with van der Waals surface area (Å²) in [5, 5.41) is 6.12. The summed E-state index contributed by atoms with van der Waals surface area (Å²) in [6.45, 7) is 3.17. The molecule has 0 heterocycles. The van der Waals surface area contributed by atoms with Gasteiger partial charge in [0.05, 0.1) is 11.1 Å². The molecule has 59 heavy (non-hydrogen) atoms. The molecule has 0 saturated carbocycles. The molecule has 0 spiro atoms. The number of benzene rings is 2. The van der Waals surface area contributed by atoms with Gasteiger partial charge >= 0.3 is 23.9 Å². The number of carbonyl (C=O) groups is 4. The van der Waals surface area contributed by atoms with E-state index in [1.807, 2.05) is 38.4 Å². The van der Waals surface area contributed by atoms with Crippen LogP contribution in [0, 0.1) is 49.4 Å². The van der Waals surface area contributed by atoms with Crippen molar-refractivity contribution in [1.82, 2.24) is 10.6 Å². The Kier molecular flexibility index (Phi) is 34.3. The second kappa shape index (κ2) is 36.6. The lowest BCUT2D eigenvalue weighted by Crippen LogP contribution is -2.32. The summed E-state index contributed by atoms with van der Waals surface area (Å²) in [6.07, 6.45) is 23.4. The van der Waals surface area contributed by atoms with Crippen molar-refractivity contribution < 1.29 is 38.1 Å². The van der Waals surface area contributed by atoms with Gasteiger partial charge in [-0.2, -0.15) is 0 Å². The molecule has 0 bridgehead atoms. The van der Waals surface area contributed by atoms with E-state index in [1.54, 1.807) is 12.1 Å². The molecule has 0 aliphatic rings. The summed E-state index contributed by atoms with van der Waals surface area (Å²) >= 11 is 0. The molecule has 16 nitrogen and oxygen atoms in total. The standard InChI is InChI=1S/C14H18N2O2.C12H14N2O2.C9H16N2O2.C8H14N2O2/c1-4-5-18-14(17)13-7-11(9-15-2)6-12(8-13)10-16-3;1-2-3-16-12(15)11-5-9(7-13)4-10(6-11)8-14;1-2-7-13-9(12)8(11)5-3-4-6-10;1-2-6-12-8(11)7(10)4-3-5-9/h1,6-8,15-16H,5,9-10H2,2-3H3;1,4-6H,3,7-8,13-14H2;1,8H,3-7,10-11H2;1,7H,3-6,9-10H2. The van der Waals surface area contributed by atoms with Crippen LogP contribution >= 0.6 is 0 Å². The molecule has 0 aliphatic heterocycles. The lowest BCUT2D eigenvalue weighted by atomic mass is 10.1. The van der Waals surface area contributed by atoms with Gasteiger partial charge in [0.25, 0.3) is 0 Å². The highest BCUT2D eigenvalue weighted by atomic mass is 16.5. The van der Waals surface area contributed by atoms with Crippen molar-refractivity contribution in [1.29, 1.82) is 0 Å². The fourth-order valence-corrected chi connectivity index (χ4v) is 4.51. The molecule has 14 N–H and O–H groups in total. The van der Waals surface area contributed by atoms with E-state index >= 15 is 0 Å². The number of terminal acetylenes is 4. The van der Waals surface area contributed by atoms with Gasteiger partial charge in [-0.15, -0.1) is 25.7 Å². The Morgan fingerprint density at radius 2 is 0.881 bits per heavy atom. The zero-order valence-corrected chi connectivity index (χ0v) is 34.3. The molecule has 2 unspecified atom stereocenters.